The van der Waals surface area contributed by atoms with Crippen LogP contribution in [0, 0.1) is 6.92 Å². The molecule has 122 valence electrons. The summed E-state index contributed by atoms with van der Waals surface area (Å²) in [7, 11) is 1.63. The zero-order valence-electron chi connectivity index (χ0n) is 13.7. The van der Waals surface area contributed by atoms with E-state index in [2.05, 4.69) is 15.3 Å². The summed E-state index contributed by atoms with van der Waals surface area (Å²) in [5.74, 6) is 0.281. The summed E-state index contributed by atoms with van der Waals surface area (Å²) in [6.07, 6.45) is 1.58. The molecule has 0 bridgehead atoms. The maximum absolute atomic E-state index is 12.8. The first kappa shape index (κ1) is 16.9. The van der Waals surface area contributed by atoms with Crippen molar-refractivity contribution in [2.45, 2.75) is 13.8 Å². The van der Waals surface area contributed by atoms with Crippen molar-refractivity contribution in [1.29, 1.82) is 0 Å². The van der Waals surface area contributed by atoms with E-state index in [-0.39, 0.29) is 5.91 Å². The molecule has 2 aromatic rings. The molecule has 0 aliphatic rings. The molecule has 1 aromatic heterocycles. The fraction of sp³-hybridized carbons (Fsp3) is 0.353. The second kappa shape index (κ2) is 8.24. The van der Waals surface area contributed by atoms with Crippen molar-refractivity contribution in [2.75, 3.05) is 37.0 Å². The van der Waals surface area contributed by atoms with Gasteiger partial charge in [-0.1, -0.05) is 12.1 Å². The van der Waals surface area contributed by atoms with E-state index >= 15 is 0 Å². The molecule has 0 saturated heterocycles. The number of hydrogen-bond acceptors (Lipinski definition) is 5. The number of rotatable bonds is 7. The predicted molar refractivity (Wildman–Crippen MR) is 90.9 cm³/mol. The predicted octanol–water partition coefficient (Wildman–Crippen LogP) is 2.51. The van der Waals surface area contributed by atoms with Gasteiger partial charge in [0.1, 0.15) is 5.69 Å². The zero-order chi connectivity index (χ0) is 16.7. The summed E-state index contributed by atoms with van der Waals surface area (Å²) in [6, 6.07) is 9.48. The average molecular weight is 314 g/mol. The molecule has 0 atom stereocenters. The fourth-order valence-corrected chi connectivity index (χ4v) is 2.21. The van der Waals surface area contributed by atoms with Crippen LogP contribution in [0.15, 0.2) is 36.5 Å². The van der Waals surface area contributed by atoms with Crippen molar-refractivity contribution >= 4 is 17.5 Å². The van der Waals surface area contributed by atoms with Crippen molar-refractivity contribution < 1.29 is 9.53 Å². The lowest BCUT2D eigenvalue weighted by Gasteiger charge is -2.21. The lowest BCUT2D eigenvalue weighted by Crippen LogP contribution is -2.31. The number of ether oxygens (including phenoxy) is 1. The first-order valence-electron chi connectivity index (χ1n) is 7.60. The van der Waals surface area contributed by atoms with Gasteiger partial charge >= 0.3 is 0 Å². The third-order valence-corrected chi connectivity index (χ3v) is 3.34. The van der Waals surface area contributed by atoms with Crippen LogP contribution in [0.1, 0.15) is 23.0 Å². The first-order valence-corrected chi connectivity index (χ1v) is 7.60. The van der Waals surface area contributed by atoms with Gasteiger partial charge < -0.3 is 15.0 Å². The minimum absolute atomic E-state index is 0.143. The van der Waals surface area contributed by atoms with E-state index in [1.165, 1.54) is 0 Å². The Labute approximate surface area is 136 Å². The van der Waals surface area contributed by atoms with Crippen molar-refractivity contribution in [3.63, 3.8) is 0 Å². The van der Waals surface area contributed by atoms with Crippen LogP contribution in [0.3, 0.4) is 0 Å². The summed E-state index contributed by atoms with van der Waals surface area (Å²) < 4.78 is 4.97. The number of carbonyl (C=O) groups is 1. The van der Waals surface area contributed by atoms with E-state index in [4.69, 9.17) is 4.74 Å². The number of methoxy groups -OCH3 is 1. The Balaban J connectivity index is 2.19. The van der Waals surface area contributed by atoms with Gasteiger partial charge in [-0.25, -0.2) is 9.97 Å². The average Bonchev–Trinajstić information content (AvgIpc) is 2.56. The van der Waals surface area contributed by atoms with Crippen molar-refractivity contribution in [2.24, 2.45) is 0 Å². The summed E-state index contributed by atoms with van der Waals surface area (Å²) in [5.41, 5.74) is 2.34. The van der Waals surface area contributed by atoms with Crippen molar-refractivity contribution in [3.8, 4) is 0 Å². The molecular weight excluding hydrogens is 292 g/mol. The van der Waals surface area contributed by atoms with Crippen LogP contribution < -0.4 is 10.2 Å². The van der Waals surface area contributed by atoms with E-state index in [0.717, 1.165) is 11.3 Å². The van der Waals surface area contributed by atoms with E-state index in [1.54, 1.807) is 24.3 Å². The van der Waals surface area contributed by atoms with Gasteiger partial charge in [-0.05, 0) is 37.6 Å². The molecule has 1 heterocycles. The molecule has 6 heteroatoms. The van der Waals surface area contributed by atoms with Gasteiger partial charge in [0.15, 0.2) is 0 Å². The molecule has 0 unspecified atom stereocenters. The number of amides is 1. The van der Waals surface area contributed by atoms with Crippen LogP contribution in [0.25, 0.3) is 0 Å². The Kier molecular flexibility index (Phi) is 6.05. The van der Waals surface area contributed by atoms with Gasteiger partial charge in [-0.2, -0.15) is 0 Å². The molecule has 1 amide bonds. The number of anilines is 2. The molecule has 6 nitrogen and oxygen atoms in total. The SMILES string of the molecule is CCN(C(=O)c1ccnc(NCCOC)n1)c1cccc(C)c1. The van der Waals surface area contributed by atoms with Gasteiger partial charge in [0.25, 0.3) is 5.91 Å². The molecular formula is C17H22N4O2. The molecule has 0 aliphatic heterocycles. The Bertz CT molecular complexity index is 661. The Hall–Kier alpha value is -2.47. The molecule has 0 spiro atoms. The molecule has 1 aromatic carbocycles. The van der Waals surface area contributed by atoms with Gasteiger partial charge in [-0.15, -0.1) is 0 Å². The molecule has 0 saturated carbocycles. The molecule has 2 rings (SSSR count). The summed E-state index contributed by atoms with van der Waals surface area (Å²) in [5, 5.41) is 3.03. The topological polar surface area (TPSA) is 67.4 Å². The van der Waals surface area contributed by atoms with Crippen LogP contribution in [0.5, 0.6) is 0 Å². The van der Waals surface area contributed by atoms with Gasteiger partial charge in [0.2, 0.25) is 5.95 Å². The highest BCUT2D eigenvalue weighted by Crippen LogP contribution is 2.18. The van der Waals surface area contributed by atoms with E-state index in [1.807, 2.05) is 38.1 Å². The maximum atomic E-state index is 12.8. The van der Waals surface area contributed by atoms with E-state index in [0.29, 0.717) is 31.3 Å². The first-order chi connectivity index (χ1) is 11.2. The van der Waals surface area contributed by atoms with Crippen LogP contribution in [-0.2, 0) is 4.74 Å². The smallest absolute Gasteiger partial charge is 0.277 e. The standard InChI is InChI=1S/C17H22N4O2/c1-4-21(14-7-5-6-13(2)12-14)16(22)15-8-9-18-17(20-15)19-10-11-23-3/h5-9,12H,4,10-11H2,1-3H3,(H,18,19,20). The largest absolute Gasteiger partial charge is 0.383 e. The summed E-state index contributed by atoms with van der Waals surface area (Å²) in [6.45, 7) is 5.65. The molecule has 1 N–H and O–H groups in total. The minimum Gasteiger partial charge on any atom is -0.383 e. The highest BCUT2D eigenvalue weighted by atomic mass is 16.5. The Morgan fingerprint density at radius 3 is 2.87 bits per heavy atom. The van der Waals surface area contributed by atoms with Gasteiger partial charge in [0, 0.05) is 32.1 Å². The van der Waals surface area contributed by atoms with Crippen LogP contribution in [0.2, 0.25) is 0 Å². The summed E-state index contributed by atoms with van der Waals surface area (Å²) >= 11 is 0. The number of hydrogen-bond donors (Lipinski definition) is 1. The number of aryl methyl sites for hydroxylation is 1. The fourth-order valence-electron chi connectivity index (χ4n) is 2.21. The molecule has 23 heavy (non-hydrogen) atoms. The second-order valence-corrected chi connectivity index (χ2v) is 5.07. The third kappa shape index (κ3) is 4.50. The number of carbonyl (C=O) groups excluding carboxylic acids is 1. The third-order valence-electron chi connectivity index (χ3n) is 3.34. The maximum Gasteiger partial charge on any atom is 0.277 e. The van der Waals surface area contributed by atoms with Gasteiger partial charge in [0.05, 0.1) is 6.61 Å². The van der Waals surface area contributed by atoms with Crippen LogP contribution in [-0.4, -0.2) is 42.7 Å². The zero-order valence-corrected chi connectivity index (χ0v) is 13.7. The van der Waals surface area contributed by atoms with Crippen molar-refractivity contribution in [3.05, 3.63) is 47.8 Å². The highest BCUT2D eigenvalue weighted by Gasteiger charge is 2.18. The lowest BCUT2D eigenvalue weighted by atomic mass is 10.2. The minimum atomic E-state index is -0.143. The van der Waals surface area contributed by atoms with Crippen molar-refractivity contribution in [1.82, 2.24) is 9.97 Å². The second-order valence-electron chi connectivity index (χ2n) is 5.07. The van der Waals surface area contributed by atoms with Crippen LogP contribution in [0.4, 0.5) is 11.6 Å². The molecule has 0 radical (unpaired) electrons. The Morgan fingerprint density at radius 1 is 1.35 bits per heavy atom. The highest BCUT2D eigenvalue weighted by molar-refractivity contribution is 6.04. The molecule has 0 aliphatic carbocycles. The van der Waals surface area contributed by atoms with E-state index in [9.17, 15) is 4.79 Å². The molecule has 0 fully saturated rings. The normalized spacial score (nSPS) is 10.4. The van der Waals surface area contributed by atoms with E-state index < -0.39 is 0 Å². The number of nitrogens with one attached hydrogen (secondary N) is 1. The number of aromatic nitrogens is 2. The van der Waals surface area contributed by atoms with Gasteiger partial charge in [-0.3, -0.25) is 4.79 Å². The lowest BCUT2D eigenvalue weighted by molar-refractivity contribution is 0.0983. The Morgan fingerprint density at radius 2 is 2.17 bits per heavy atom. The number of benzene rings is 1. The number of nitrogens with zero attached hydrogens (tertiary/aromatic N) is 3. The monoisotopic (exact) mass is 314 g/mol. The quantitative estimate of drug-likeness (QED) is 0.795. The summed E-state index contributed by atoms with van der Waals surface area (Å²) in [4.78, 5) is 22.9. The van der Waals surface area contributed by atoms with Crippen LogP contribution >= 0.6 is 0 Å².